The van der Waals surface area contributed by atoms with E-state index in [4.69, 9.17) is 10.5 Å². The Kier molecular flexibility index (Phi) is 5.55. The molecule has 0 atom stereocenters. The molecule has 0 aliphatic heterocycles. The second kappa shape index (κ2) is 6.93. The maximum absolute atomic E-state index is 11.4. The summed E-state index contributed by atoms with van der Waals surface area (Å²) in [5, 5.41) is 2.69. The summed E-state index contributed by atoms with van der Waals surface area (Å²) in [6.45, 7) is 7.90. The average molecular weight is 277 g/mol. The zero-order valence-corrected chi connectivity index (χ0v) is 12.6. The Bertz CT molecular complexity index is 490. The van der Waals surface area contributed by atoms with Crippen molar-refractivity contribution in [2.75, 3.05) is 12.3 Å². The van der Waals surface area contributed by atoms with E-state index < -0.39 is 11.7 Å². The molecule has 0 unspecified atom stereocenters. The summed E-state index contributed by atoms with van der Waals surface area (Å²) in [7, 11) is 0. The lowest BCUT2D eigenvalue weighted by Crippen LogP contribution is -2.32. The molecule has 0 bridgehead atoms. The van der Waals surface area contributed by atoms with Crippen molar-refractivity contribution in [3.63, 3.8) is 0 Å². The Balaban J connectivity index is 2.32. The summed E-state index contributed by atoms with van der Waals surface area (Å²) >= 11 is 0. The van der Waals surface area contributed by atoms with Crippen LogP contribution in [0.5, 0.6) is 0 Å². The number of hydrogen-bond acceptors (Lipinski definition) is 4. The Morgan fingerprint density at radius 2 is 2.15 bits per heavy atom. The van der Waals surface area contributed by atoms with Crippen LogP contribution in [0.25, 0.3) is 6.08 Å². The van der Waals surface area contributed by atoms with Crippen molar-refractivity contribution >= 4 is 17.9 Å². The molecule has 1 amide bonds. The molecule has 0 aliphatic rings. The Labute approximate surface area is 120 Å². The van der Waals surface area contributed by atoms with Crippen molar-refractivity contribution in [2.24, 2.45) is 0 Å². The van der Waals surface area contributed by atoms with Crippen LogP contribution in [0.3, 0.4) is 0 Å². The monoisotopic (exact) mass is 277 g/mol. The van der Waals surface area contributed by atoms with E-state index in [2.05, 4.69) is 10.3 Å². The molecule has 5 heteroatoms. The van der Waals surface area contributed by atoms with Crippen molar-refractivity contribution in [1.29, 1.82) is 0 Å². The number of pyridine rings is 1. The molecule has 0 aromatic carbocycles. The smallest absolute Gasteiger partial charge is 0.407 e. The van der Waals surface area contributed by atoms with Gasteiger partial charge in [-0.25, -0.2) is 4.79 Å². The van der Waals surface area contributed by atoms with E-state index in [1.807, 2.05) is 52.0 Å². The lowest BCUT2D eigenvalue weighted by atomic mass is 10.2. The third kappa shape index (κ3) is 6.22. The van der Waals surface area contributed by atoms with Gasteiger partial charge in [0.1, 0.15) is 5.60 Å². The number of ether oxygens (including phenoxy) is 1. The maximum atomic E-state index is 11.4. The van der Waals surface area contributed by atoms with Crippen LogP contribution in [-0.2, 0) is 4.74 Å². The maximum Gasteiger partial charge on any atom is 0.407 e. The first-order valence-electron chi connectivity index (χ1n) is 6.64. The standard InChI is InChI=1S/C15H23N3O2/c1-11-13(16)9-8-12(18-11)7-5-6-10-17-14(19)20-15(2,3)4/h5,7-9H,6,10,16H2,1-4H3,(H,17,19). The van der Waals surface area contributed by atoms with Crippen molar-refractivity contribution in [1.82, 2.24) is 10.3 Å². The number of aromatic nitrogens is 1. The molecule has 3 N–H and O–H groups in total. The Morgan fingerprint density at radius 1 is 1.45 bits per heavy atom. The largest absolute Gasteiger partial charge is 0.444 e. The minimum atomic E-state index is -0.467. The molecule has 1 heterocycles. The molecular formula is C15H23N3O2. The number of hydrogen-bond donors (Lipinski definition) is 2. The number of nitrogens with one attached hydrogen (secondary N) is 1. The number of carbonyl (C=O) groups is 1. The summed E-state index contributed by atoms with van der Waals surface area (Å²) in [6, 6.07) is 3.70. The molecule has 0 fully saturated rings. The van der Waals surface area contributed by atoms with Gasteiger partial charge in [0.2, 0.25) is 0 Å². The van der Waals surface area contributed by atoms with Gasteiger partial charge in [0.05, 0.1) is 17.1 Å². The van der Waals surface area contributed by atoms with Crippen LogP contribution in [-0.4, -0.2) is 23.2 Å². The second-order valence-corrected chi connectivity index (χ2v) is 5.53. The van der Waals surface area contributed by atoms with Crippen LogP contribution >= 0.6 is 0 Å². The van der Waals surface area contributed by atoms with Gasteiger partial charge in [-0.3, -0.25) is 4.98 Å². The molecule has 1 aromatic rings. The van der Waals surface area contributed by atoms with Gasteiger partial charge in [0, 0.05) is 6.54 Å². The summed E-state index contributed by atoms with van der Waals surface area (Å²) in [4.78, 5) is 15.7. The van der Waals surface area contributed by atoms with Crippen LogP contribution in [0, 0.1) is 6.92 Å². The first-order valence-corrected chi connectivity index (χ1v) is 6.64. The highest BCUT2D eigenvalue weighted by Gasteiger charge is 2.15. The van der Waals surface area contributed by atoms with Gasteiger partial charge in [0.15, 0.2) is 0 Å². The fraction of sp³-hybridized carbons (Fsp3) is 0.467. The average Bonchev–Trinajstić information content (AvgIpc) is 2.31. The predicted molar refractivity (Wildman–Crippen MR) is 81.3 cm³/mol. The summed E-state index contributed by atoms with van der Waals surface area (Å²) in [5.74, 6) is 0. The highest BCUT2D eigenvalue weighted by molar-refractivity contribution is 5.67. The van der Waals surface area contributed by atoms with Gasteiger partial charge in [-0.1, -0.05) is 6.08 Å². The lowest BCUT2D eigenvalue weighted by molar-refractivity contribution is 0.0529. The van der Waals surface area contributed by atoms with E-state index in [1.165, 1.54) is 0 Å². The molecule has 1 rings (SSSR count). The third-order valence-corrected chi connectivity index (χ3v) is 2.42. The number of amides is 1. The molecule has 0 radical (unpaired) electrons. The normalized spacial score (nSPS) is 11.6. The topological polar surface area (TPSA) is 77.2 Å². The minimum Gasteiger partial charge on any atom is -0.444 e. The number of carbonyl (C=O) groups excluding carboxylic acids is 1. The van der Waals surface area contributed by atoms with Crippen molar-refractivity contribution < 1.29 is 9.53 Å². The van der Waals surface area contributed by atoms with E-state index in [9.17, 15) is 4.79 Å². The number of nitrogens with two attached hydrogens (primary N) is 1. The first kappa shape index (κ1) is 16.0. The van der Waals surface area contributed by atoms with Gasteiger partial charge in [-0.2, -0.15) is 0 Å². The summed E-state index contributed by atoms with van der Waals surface area (Å²) < 4.78 is 5.13. The summed E-state index contributed by atoms with van der Waals surface area (Å²) in [6.07, 6.45) is 4.18. The van der Waals surface area contributed by atoms with Crippen LogP contribution in [0.4, 0.5) is 10.5 Å². The number of nitrogens with zero attached hydrogens (tertiary/aromatic N) is 1. The SMILES string of the molecule is Cc1nc(C=CCCNC(=O)OC(C)(C)C)ccc1N. The minimum absolute atomic E-state index is 0.396. The number of rotatable bonds is 4. The molecule has 0 spiro atoms. The zero-order valence-electron chi connectivity index (χ0n) is 12.6. The molecule has 110 valence electrons. The molecular weight excluding hydrogens is 254 g/mol. The Morgan fingerprint density at radius 3 is 2.75 bits per heavy atom. The molecule has 0 aliphatic carbocycles. The van der Waals surface area contributed by atoms with Crippen molar-refractivity contribution in [2.45, 2.75) is 39.7 Å². The highest BCUT2D eigenvalue weighted by Crippen LogP contribution is 2.09. The van der Waals surface area contributed by atoms with E-state index in [1.54, 1.807) is 0 Å². The zero-order chi connectivity index (χ0) is 15.2. The molecule has 20 heavy (non-hydrogen) atoms. The fourth-order valence-corrected chi connectivity index (χ4v) is 1.46. The number of aryl methyl sites for hydroxylation is 1. The molecule has 1 aromatic heterocycles. The first-order chi connectivity index (χ1) is 9.28. The molecule has 0 saturated heterocycles. The van der Waals surface area contributed by atoms with Gasteiger partial charge in [-0.05, 0) is 52.3 Å². The van der Waals surface area contributed by atoms with Gasteiger partial charge >= 0.3 is 6.09 Å². The van der Waals surface area contributed by atoms with E-state index >= 15 is 0 Å². The van der Waals surface area contributed by atoms with Gasteiger partial charge < -0.3 is 15.8 Å². The number of anilines is 1. The lowest BCUT2D eigenvalue weighted by Gasteiger charge is -2.19. The highest BCUT2D eigenvalue weighted by atomic mass is 16.6. The van der Waals surface area contributed by atoms with E-state index in [0.717, 1.165) is 11.4 Å². The van der Waals surface area contributed by atoms with Crippen molar-refractivity contribution in [3.8, 4) is 0 Å². The van der Waals surface area contributed by atoms with Crippen LogP contribution in [0.15, 0.2) is 18.2 Å². The predicted octanol–water partition coefficient (Wildman–Crippen LogP) is 2.90. The third-order valence-electron chi connectivity index (χ3n) is 2.42. The van der Waals surface area contributed by atoms with E-state index in [0.29, 0.717) is 18.7 Å². The number of nitrogen functional groups attached to an aromatic ring is 1. The number of alkyl carbamates (subject to hydrolysis) is 1. The second-order valence-electron chi connectivity index (χ2n) is 5.53. The van der Waals surface area contributed by atoms with Crippen LogP contribution < -0.4 is 11.1 Å². The van der Waals surface area contributed by atoms with Gasteiger partial charge in [-0.15, -0.1) is 0 Å². The van der Waals surface area contributed by atoms with E-state index in [-0.39, 0.29) is 0 Å². The van der Waals surface area contributed by atoms with Crippen LogP contribution in [0.1, 0.15) is 38.6 Å². The molecule has 5 nitrogen and oxygen atoms in total. The summed E-state index contributed by atoms with van der Waals surface area (Å²) in [5.41, 5.74) is 7.60. The molecule has 0 saturated carbocycles. The van der Waals surface area contributed by atoms with Gasteiger partial charge in [0.25, 0.3) is 0 Å². The Hall–Kier alpha value is -2.04. The van der Waals surface area contributed by atoms with Crippen LogP contribution in [0.2, 0.25) is 0 Å². The quantitative estimate of drug-likeness (QED) is 0.830. The van der Waals surface area contributed by atoms with Crippen molar-refractivity contribution in [3.05, 3.63) is 29.6 Å². The fourth-order valence-electron chi connectivity index (χ4n) is 1.46.